The molecule has 1 aliphatic carbocycles. The van der Waals surface area contributed by atoms with Crippen molar-refractivity contribution >= 4 is 63.7 Å². The van der Waals surface area contributed by atoms with Gasteiger partial charge in [-0.25, -0.2) is 14.9 Å². The van der Waals surface area contributed by atoms with E-state index in [1.165, 1.54) is 26.8 Å². The van der Waals surface area contributed by atoms with Crippen molar-refractivity contribution < 1.29 is 29.0 Å². The Morgan fingerprint density at radius 2 is 1.62 bits per heavy atom. The number of benzene rings is 2. The first-order chi connectivity index (χ1) is 38.9. The second-order valence-corrected chi connectivity index (χ2v) is 23.9. The van der Waals surface area contributed by atoms with E-state index < -0.39 is 12.2 Å². The first kappa shape index (κ1) is 53.6. The number of fused-ring (bicyclic) bond motifs is 4. The van der Waals surface area contributed by atoms with Crippen molar-refractivity contribution in [3.8, 4) is 11.3 Å². The molecule has 9 heterocycles. The zero-order valence-electron chi connectivity index (χ0n) is 47.0. The number of anilines is 7. The van der Waals surface area contributed by atoms with Crippen LogP contribution in [0.3, 0.4) is 0 Å². The van der Waals surface area contributed by atoms with Gasteiger partial charge in [0.2, 0.25) is 5.91 Å². The molecule has 19 nitrogen and oxygen atoms in total. The molecule has 12 rings (SSSR count). The first-order valence-corrected chi connectivity index (χ1v) is 28.3. The molecule has 0 radical (unpaired) electrons. The molecule has 0 saturated carbocycles. The molecular formula is C62H70N12O7. The maximum atomic E-state index is 14.1. The molecule has 6 aliphatic rings. The van der Waals surface area contributed by atoms with Crippen LogP contribution >= 0.6 is 0 Å². The van der Waals surface area contributed by atoms with Crippen molar-refractivity contribution in [3.05, 3.63) is 142 Å². The van der Waals surface area contributed by atoms with E-state index in [1.807, 2.05) is 36.4 Å². The third-order valence-corrected chi connectivity index (χ3v) is 17.9. The Bertz CT molecular complexity index is 3620. The average molecular weight is 1100 g/mol. The molecule has 0 spiro atoms. The molecule has 1 unspecified atom stereocenters. The highest BCUT2D eigenvalue weighted by Gasteiger charge is 2.42. The van der Waals surface area contributed by atoms with Gasteiger partial charge < -0.3 is 39.4 Å². The number of rotatable bonds is 12. The minimum Gasteiger partial charge on any atom is -0.392 e. The van der Waals surface area contributed by atoms with E-state index in [-0.39, 0.29) is 52.4 Å². The van der Waals surface area contributed by atoms with Crippen LogP contribution in [0.2, 0.25) is 0 Å². The minimum atomic E-state index is -0.420. The SMILES string of the molecule is C=CC(=O)Nc1cc(Nc2nc(-c3ccnc(N4CCn5c(cc6c5CC(C)(C)C6)C4=O)c3CO)cn(C)c2=O)ccc1N1CCN(C2CCN(c3ccc4c(c3)C(=O)N(c3ccnc(C5(C)CCOCC5)c3)C4=O)[C@H](C)C2)C[C@@H]1C. The Balaban J connectivity index is 0.720. The fraction of sp³-hybridized carbons (Fsp3) is 0.419. The van der Waals surface area contributed by atoms with Crippen molar-refractivity contribution in [2.24, 2.45) is 12.5 Å². The molecule has 81 heavy (non-hydrogen) atoms. The molecule has 4 amide bonds. The number of piperazine rings is 1. The van der Waals surface area contributed by atoms with E-state index in [0.717, 1.165) is 75.2 Å². The monoisotopic (exact) mass is 1090 g/mol. The fourth-order valence-corrected chi connectivity index (χ4v) is 13.5. The van der Waals surface area contributed by atoms with Gasteiger partial charge >= 0.3 is 0 Å². The third-order valence-electron chi connectivity index (χ3n) is 17.9. The van der Waals surface area contributed by atoms with Gasteiger partial charge in [0.25, 0.3) is 23.3 Å². The molecular weight excluding hydrogens is 1020 g/mol. The molecule has 0 bridgehead atoms. The summed E-state index contributed by atoms with van der Waals surface area (Å²) in [5.41, 5.74) is 8.99. The van der Waals surface area contributed by atoms with Crippen LogP contribution in [0, 0.1) is 5.41 Å². The van der Waals surface area contributed by atoms with Crippen LogP contribution in [-0.4, -0.2) is 122 Å². The second-order valence-electron chi connectivity index (χ2n) is 23.9. The molecule has 3 fully saturated rings. The molecule has 3 atom stereocenters. The second kappa shape index (κ2) is 20.8. The number of amides is 4. The van der Waals surface area contributed by atoms with E-state index >= 15 is 0 Å². The van der Waals surface area contributed by atoms with Crippen LogP contribution in [0.1, 0.15) is 114 Å². The Morgan fingerprint density at radius 1 is 0.827 bits per heavy atom. The number of carbonyl (C=O) groups is 4. The Labute approximate surface area is 471 Å². The number of pyridine rings is 2. The van der Waals surface area contributed by atoms with Gasteiger partial charge in [0.1, 0.15) is 11.5 Å². The van der Waals surface area contributed by atoms with Gasteiger partial charge in [-0.2, -0.15) is 0 Å². The number of aliphatic hydroxyl groups is 1. The Morgan fingerprint density at radius 3 is 2.38 bits per heavy atom. The zero-order valence-corrected chi connectivity index (χ0v) is 47.0. The van der Waals surface area contributed by atoms with E-state index in [4.69, 9.17) is 9.72 Å². The number of carbonyl (C=O) groups excluding carboxylic acids is 4. The average Bonchev–Trinajstić information content (AvgIpc) is 4.10. The lowest BCUT2D eigenvalue weighted by molar-refractivity contribution is -0.111. The lowest BCUT2D eigenvalue weighted by atomic mass is 9.79. The summed E-state index contributed by atoms with van der Waals surface area (Å²) in [6, 6.07) is 19.2. The largest absolute Gasteiger partial charge is 0.392 e. The number of aliphatic hydroxyl groups excluding tert-OH is 1. The van der Waals surface area contributed by atoms with Crippen LogP contribution in [-0.2, 0) is 48.0 Å². The number of imide groups is 1. The lowest BCUT2D eigenvalue weighted by Gasteiger charge is -2.48. The summed E-state index contributed by atoms with van der Waals surface area (Å²) in [7, 11) is 1.63. The van der Waals surface area contributed by atoms with Crippen LogP contribution in [0.25, 0.3) is 11.3 Å². The molecule has 420 valence electrons. The van der Waals surface area contributed by atoms with Gasteiger partial charge in [-0.15, -0.1) is 0 Å². The van der Waals surface area contributed by atoms with Crippen LogP contribution in [0.4, 0.5) is 40.1 Å². The normalized spacial score (nSPS) is 21.5. The van der Waals surface area contributed by atoms with Crippen LogP contribution in [0.5, 0.6) is 0 Å². The first-order valence-electron chi connectivity index (χ1n) is 28.3. The summed E-state index contributed by atoms with van der Waals surface area (Å²) in [5, 5.41) is 17.1. The van der Waals surface area contributed by atoms with Crippen molar-refractivity contribution in [2.75, 3.05) is 76.2 Å². The van der Waals surface area contributed by atoms with Crippen molar-refractivity contribution in [3.63, 3.8) is 0 Å². The number of aromatic nitrogens is 5. The number of ether oxygens (including phenoxy) is 1. The van der Waals surface area contributed by atoms with Gasteiger partial charge in [-0.05, 0) is 130 Å². The van der Waals surface area contributed by atoms with E-state index in [1.54, 1.807) is 54.8 Å². The van der Waals surface area contributed by atoms with E-state index in [2.05, 4.69) is 81.1 Å². The molecule has 2 aromatic carbocycles. The Kier molecular flexibility index (Phi) is 13.8. The van der Waals surface area contributed by atoms with Gasteiger partial charge in [0, 0.05) is 136 Å². The number of hydrogen-bond acceptors (Lipinski definition) is 14. The molecule has 5 aliphatic heterocycles. The topological polar surface area (TPSA) is 204 Å². The highest BCUT2D eigenvalue weighted by Crippen LogP contribution is 2.42. The van der Waals surface area contributed by atoms with Crippen molar-refractivity contribution in [2.45, 2.75) is 110 Å². The van der Waals surface area contributed by atoms with Crippen molar-refractivity contribution in [1.82, 2.24) is 29.0 Å². The van der Waals surface area contributed by atoms with Gasteiger partial charge in [0.05, 0.1) is 40.5 Å². The zero-order chi connectivity index (χ0) is 56.6. The van der Waals surface area contributed by atoms with Crippen molar-refractivity contribution in [1.29, 1.82) is 0 Å². The summed E-state index contributed by atoms with van der Waals surface area (Å²) in [5.74, 6) is -0.823. The van der Waals surface area contributed by atoms with Crippen LogP contribution < -0.4 is 35.8 Å². The Hall–Kier alpha value is -8.00. The summed E-state index contributed by atoms with van der Waals surface area (Å²) >= 11 is 0. The summed E-state index contributed by atoms with van der Waals surface area (Å²) in [6.45, 7) is 19.7. The molecule has 6 aromatic rings. The molecule has 3 saturated heterocycles. The lowest BCUT2D eigenvalue weighted by Crippen LogP contribution is -2.58. The predicted octanol–water partition coefficient (Wildman–Crippen LogP) is 7.62. The number of nitrogens with one attached hydrogen (secondary N) is 2. The maximum absolute atomic E-state index is 14.1. The summed E-state index contributed by atoms with van der Waals surface area (Å²) in [6.07, 6.45) is 11.4. The standard InChI is InChI=1S/C62H70N12O7/c1-8-54(76)66-48-29-40(65-55-60(80)68(7)35-49(67-55)44-14-19-64-56(47(44)36-75)73-24-23-72-51(59(73)79)28-39-32-61(4,5)33-52(39)72)9-12-50(48)71-22-21-69(34-38(71)3)41-15-20-70(37(2)27-41)42-10-11-45-46(30-42)58(78)74(57(45)77)43-13-18-63-53(31-43)62(6)16-25-81-26-17-62/h8-14,18-19,28-31,35,37-38,41,75H,1,15-17,20-27,32-34,36H2,2-7H3,(H,65,67)(H,66,76)/t37-,38+,41?/m1/s1. The fourth-order valence-electron chi connectivity index (χ4n) is 13.5. The van der Waals surface area contributed by atoms with Gasteiger partial charge in [-0.1, -0.05) is 27.4 Å². The maximum Gasteiger partial charge on any atom is 0.293 e. The highest BCUT2D eigenvalue weighted by molar-refractivity contribution is 6.34. The highest BCUT2D eigenvalue weighted by atomic mass is 16.5. The predicted molar refractivity (Wildman–Crippen MR) is 312 cm³/mol. The van der Waals surface area contributed by atoms with E-state index in [9.17, 15) is 29.1 Å². The van der Waals surface area contributed by atoms with Gasteiger partial charge in [-0.3, -0.25) is 38.8 Å². The minimum absolute atomic E-state index is 0.0271. The number of piperidine rings is 1. The number of hydrogen-bond donors (Lipinski definition) is 3. The summed E-state index contributed by atoms with van der Waals surface area (Å²) < 4.78 is 9.17. The van der Waals surface area contributed by atoms with Gasteiger partial charge in [0.15, 0.2) is 5.82 Å². The summed E-state index contributed by atoms with van der Waals surface area (Å²) in [4.78, 5) is 93.0. The van der Waals surface area contributed by atoms with Crippen LogP contribution in [0.15, 0.2) is 96.7 Å². The number of nitrogens with zero attached hydrogens (tertiary/aromatic N) is 10. The molecule has 19 heteroatoms. The quantitative estimate of drug-likeness (QED) is 0.0798. The van der Waals surface area contributed by atoms with E-state index in [0.29, 0.717) is 95.4 Å². The molecule has 3 N–H and O–H groups in total. The third kappa shape index (κ3) is 9.67. The number of aryl methyl sites for hydroxylation is 1. The smallest absolute Gasteiger partial charge is 0.293 e. The molecule has 4 aromatic heterocycles.